The highest BCUT2D eigenvalue weighted by molar-refractivity contribution is 7.21. The van der Waals surface area contributed by atoms with Crippen molar-refractivity contribution in [2.75, 3.05) is 13.1 Å². The minimum atomic E-state index is -0.739. The molecule has 2 amide bonds. The van der Waals surface area contributed by atoms with Crippen LogP contribution in [-0.4, -0.2) is 42.1 Å². The minimum absolute atomic E-state index is 0.00618. The number of fused-ring (bicyclic) bond motifs is 1. The molecular formula is C25H25ClN2O5S. The molecule has 1 saturated carbocycles. The SMILES string of the molecule is O=C(NCCNC(=O)c1sc2ccccc2c1Cl)c1ccc(OC2CCC(C(=O)O)CC2)cc1. The molecule has 0 unspecified atom stereocenters. The van der Waals surface area contributed by atoms with Crippen molar-refractivity contribution in [3.05, 3.63) is 64.0 Å². The normalized spacial score (nSPS) is 17.8. The number of ether oxygens (including phenoxy) is 1. The van der Waals surface area contributed by atoms with Crippen LogP contribution in [0.15, 0.2) is 48.5 Å². The summed E-state index contributed by atoms with van der Waals surface area (Å²) >= 11 is 7.67. The van der Waals surface area contributed by atoms with E-state index in [0.717, 1.165) is 10.1 Å². The van der Waals surface area contributed by atoms with Gasteiger partial charge in [-0.15, -0.1) is 11.3 Å². The van der Waals surface area contributed by atoms with Crippen molar-refractivity contribution in [2.45, 2.75) is 31.8 Å². The summed E-state index contributed by atoms with van der Waals surface area (Å²) < 4.78 is 6.88. The number of amides is 2. The Morgan fingerprint density at radius 2 is 1.59 bits per heavy atom. The van der Waals surface area contributed by atoms with E-state index in [0.29, 0.717) is 46.9 Å². The number of carbonyl (C=O) groups is 3. The van der Waals surface area contributed by atoms with E-state index < -0.39 is 5.97 Å². The van der Waals surface area contributed by atoms with E-state index in [4.69, 9.17) is 21.4 Å². The standard InChI is InChI=1S/C25H25ClN2O5S/c26-21-19-3-1-2-4-20(19)34-22(21)24(30)28-14-13-27-23(29)15-5-9-17(10-6-15)33-18-11-7-16(8-12-18)25(31)32/h1-6,9-10,16,18H,7-8,11-14H2,(H,27,29)(H,28,30)(H,31,32). The lowest BCUT2D eigenvalue weighted by Gasteiger charge is -2.26. The summed E-state index contributed by atoms with van der Waals surface area (Å²) in [5, 5.41) is 16.0. The zero-order valence-corrected chi connectivity index (χ0v) is 20.0. The minimum Gasteiger partial charge on any atom is -0.490 e. The molecule has 0 radical (unpaired) electrons. The predicted octanol–water partition coefficient (Wildman–Crippen LogP) is 4.74. The lowest BCUT2D eigenvalue weighted by Crippen LogP contribution is -2.34. The van der Waals surface area contributed by atoms with Gasteiger partial charge in [-0.05, 0) is 56.0 Å². The summed E-state index contributed by atoms with van der Waals surface area (Å²) in [4.78, 5) is 36.4. The fourth-order valence-electron chi connectivity index (χ4n) is 4.00. The van der Waals surface area contributed by atoms with Crippen LogP contribution >= 0.6 is 22.9 Å². The number of benzene rings is 2. The number of thiophene rings is 1. The molecule has 34 heavy (non-hydrogen) atoms. The van der Waals surface area contributed by atoms with E-state index >= 15 is 0 Å². The summed E-state index contributed by atoms with van der Waals surface area (Å²) in [6, 6.07) is 14.4. The van der Waals surface area contributed by atoms with Gasteiger partial charge in [0.05, 0.1) is 17.0 Å². The van der Waals surface area contributed by atoms with Gasteiger partial charge < -0.3 is 20.5 Å². The first-order valence-corrected chi connectivity index (χ1v) is 12.3. The summed E-state index contributed by atoms with van der Waals surface area (Å²) in [5.74, 6) is -0.875. The number of carbonyl (C=O) groups excluding carboxylic acids is 2. The van der Waals surface area contributed by atoms with Crippen LogP contribution in [0.2, 0.25) is 5.02 Å². The Bertz CT molecular complexity index is 1190. The van der Waals surface area contributed by atoms with Gasteiger partial charge in [0.1, 0.15) is 10.6 Å². The Labute approximate surface area is 206 Å². The number of nitrogens with one attached hydrogen (secondary N) is 2. The molecule has 4 rings (SSSR count). The molecule has 0 bridgehead atoms. The van der Waals surface area contributed by atoms with E-state index in [-0.39, 0.29) is 36.9 Å². The molecule has 1 aromatic heterocycles. The maximum atomic E-state index is 12.5. The molecule has 0 spiro atoms. The summed E-state index contributed by atoms with van der Waals surface area (Å²) in [6.45, 7) is 0.549. The topological polar surface area (TPSA) is 105 Å². The molecule has 0 atom stereocenters. The third kappa shape index (κ3) is 5.69. The second-order valence-corrected chi connectivity index (χ2v) is 9.64. The fourth-order valence-corrected chi connectivity index (χ4v) is 5.43. The summed E-state index contributed by atoms with van der Waals surface area (Å²) in [5.41, 5.74) is 0.487. The first kappa shape index (κ1) is 24.0. The molecule has 3 N–H and O–H groups in total. The van der Waals surface area contributed by atoms with Gasteiger partial charge in [0, 0.05) is 28.7 Å². The maximum Gasteiger partial charge on any atom is 0.306 e. The predicted molar refractivity (Wildman–Crippen MR) is 132 cm³/mol. The van der Waals surface area contributed by atoms with Crippen molar-refractivity contribution in [3.63, 3.8) is 0 Å². The van der Waals surface area contributed by atoms with Gasteiger partial charge in [0.15, 0.2) is 0 Å². The first-order valence-electron chi connectivity index (χ1n) is 11.2. The molecule has 7 nitrogen and oxygen atoms in total. The van der Waals surface area contributed by atoms with Gasteiger partial charge in [-0.2, -0.15) is 0 Å². The quantitative estimate of drug-likeness (QED) is 0.387. The first-order chi connectivity index (χ1) is 16.4. The van der Waals surface area contributed by atoms with Crippen LogP contribution in [0.25, 0.3) is 10.1 Å². The van der Waals surface area contributed by atoms with Crippen molar-refractivity contribution in [3.8, 4) is 5.75 Å². The Balaban J connectivity index is 1.21. The van der Waals surface area contributed by atoms with Crippen LogP contribution < -0.4 is 15.4 Å². The van der Waals surface area contributed by atoms with Crippen LogP contribution in [0.3, 0.4) is 0 Å². The lowest BCUT2D eigenvalue weighted by molar-refractivity contribution is -0.143. The molecule has 1 aliphatic carbocycles. The van der Waals surface area contributed by atoms with Gasteiger partial charge in [-0.25, -0.2) is 0 Å². The fraction of sp³-hybridized carbons (Fsp3) is 0.320. The molecule has 178 valence electrons. The highest BCUT2D eigenvalue weighted by Gasteiger charge is 2.27. The Hall–Kier alpha value is -3.10. The summed E-state index contributed by atoms with van der Waals surface area (Å²) in [7, 11) is 0. The number of hydrogen-bond acceptors (Lipinski definition) is 5. The summed E-state index contributed by atoms with van der Waals surface area (Å²) in [6.07, 6.45) is 2.64. The number of halogens is 1. The molecule has 1 heterocycles. The van der Waals surface area contributed by atoms with E-state index in [1.807, 2.05) is 24.3 Å². The smallest absolute Gasteiger partial charge is 0.306 e. The highest BCUT2D eigenvalue weighted by atomic mass is 35.5. The van der Waals surface area contributed by atoms with E-state index in [1.54, 1.807) is 24.3 Å². The maximum absolute atomic E-state index is 12.5. The van der Waals surface area contributed by atoms with E-state index in [9.17, 15) is 14.4 Å². The van der Waals surface area contributed by atoms with Crippen molar-refractivity contribution in [1.29, 1.82) is 0 Å². The average molecular weight is 501 g/mol. The van der Waals surface area contributed by atoms with Gasteiger partial charge in [-0.3, -0.25) is 14.4 Å². The molecule has 2 aromatic carbocycles. The number of carboxylic acid groups (broad SMARTS) is 1. The van der Waals surface area contributed by atoms with Gasteiger partial charge >= 0.3 is 5.97 Å². The Morgan fingerprint density at radius 3 is 2.24 bits per heavy atom. The monoisotopic (exact) mass is 500 g/mol. The molecule has 0 saturated heterocycles. The largest absolute Gasteiger partial charge is 0.490 e. The van der Waals surface area contributed by atoms with Gasteiger partial charge in [-0.1, -0.05) is 29.8 Å². The van der Waals surface area contributed by atoms with E-state index in [1.165, 1.54) is 11.3 Å². The molecule has 1 aliphatic rings. The molecular weight excluding hydrogens is 476 g/mol. The molecule has 9 heteroatoms. The van der Waals surface area contributed by atoms with Crippen LogP contribution in [0, 0.1) is 5.92 Å². The number of carboxylic acids is 1. The molecule has 1 fully saturated rings. The second kappa shape index (κ2) is 10.9. The highest BCUT2D eigenvalue weighted by Crippen LogP contribution is 2.35. The third-order valence-corrected chi connectivity index (χ3v) is 7.55. The Morgan fingerprint density at radius 1 is 0.941 bits per heavy atom. The number of hydrogen-bond donors (Lipinski definition) is 3. The van der Waals surface area contributed by atoms with Crippen LogP contribution in [-0.2, 0) is 4.79 Å². The van der Waals surface area contributed by atoms with Crippen molar-refractivity contribution in [2.24, 2.45) is 5.92 Å². The zero-order valence-electron chi connectivity index (χ0n) is 18.4. The average Bonchev–Trinajstić information content (AvgIpc) is 3.19. The lowest BCUT2D eigenvalue weighted by atomic mass is 9.87. The van der Waals surface area contributed by atoms with Crippen molar-refractivity contribution in [1.82, 2.24) is 10.6 Å². The molecule has 0 aliphatic heterocycles. The van der Waals surface area contributed by atoms with E-state index in [2.05, 4.69) is 10.6 Å². The number of aliphatic carboxylic acids is 1. The molecule has 3 aromatic rings. The zero-order chi connectivity index (χ0) is 24.1. The third-order valence-electron chi connectivity index (χ3n) is 5.88. The van der Waals surface area contributed by atoms with Crippen LogP contribution in [0.1, 0.15) is 45.7 Å². The second-order valence-electron chi connectivity index (χ2n) is 8.21. The van der Waals surface area contributed by atoms with Crippen LogP contribution in [0.5, 0.6) is 5.75 Å². The van der Waals surface area contributed by atoms with Gasteiger partial charge in [0.25, 0.3) is 11.8 Å². The van der Waals surface area contributed by atoms with Crippen molar-refractivity contribution < 1.29 is 24.2 Å². The van der Waals surface area contributed by atoms with Gasteiger partial charge in [0.2, 0.25) is 0 Å². The van der Waals surface area contributed by atoms with Crippen LogP contribution in [0.4, 0.5) is 0 Å². The Kier molecular flexibility index (Phi) is 7.70. The number of rotatable bonds is 8. The van der Waals surface area contributed by atoms with Crippen molar-refractivity contribution >= 4 is 50.8 Å².